The fourth-order valence-electron chi connectivity index (χ4n) is 1.97. The Bertz CT molecular complexity index is 474. The highest BCUT2D eigenvalue weighted by Crippen LogP contribution is 2.14. The summed E-state index contributed by atoms with van der Waals surface area (Å²) in [6.45, 7) is 6.58. The molecule has 0 heterocycles. The first-order chi connectivity index (χ1) is 9.99. The predicted octanol–water partition coefficient (Wildman–Crippen LogP) is 2.99. The molecule has 116 valence electrons. The molecule has 0 saturated carbocycles. The zero-order valence-corrected chi connectivity index (χ0v) is 13.6. The molecule has 1 atom stereocenters. The van der Waals surface area contributed by atoms with Crippen LogP contribution >= 0.6 is 11.6 Å². The average molecular weight is 311 g/mol. The lowest BCUT2D eigenvalue weighted by Gasteiger charge is -2.28. The molecule has 1 unspecified atom stereocenters. The SMILES string of the molecule is CCCNC(=O)C(C)N(Cc1ccc(Cl)cc1)C(=O)CC. The van der Waals surface area contributed by atoms with Crippen molar-refractivity contribution in [1.29, 1.82) is 0 Å². The minimum absolute atomic E-state index is 0.0379. The molecular formula is C16H23ClN2O2. The van der Waals surface area contributed by atoms with E-state index >= 15 is 0 Å². The molecule has 0 aliphatic heterocycles. The average Bonchev–Trinajstić information content (AvgIpc) is 2.50. The Labute approximate surface area is 131 Å². The van der Waals surface area contributed by atoms with E-state index < -0.39 is 6.04 Å². The maximum absolute atomic E-state index is 12.1. The Hall–Kier alpha value is -1.55. The molecule has 1 N–H and O–H groups in total. The van der Waals surface area contributed by atoms with Crippen LogP contribution in [0.5, 0.6) is 0 Å². The molecule has 0 aliphatic rings. The predicted molar refractivity (Wildman–Crippen MR) is 85.1 cm³/mol. The lowest BCUT2D eigenvalue weighted by Crippen LogP contribution is -2.47. The lowest BCUT2D eigenvalue weighted by molar-refractivity contribution is -0.140. The van der Waals surface area contributed by atoms with E-state index in [1.807, 2.05) is 19.1 Å². The van der Waals surface area contributed by atoms with E-state index in [1.54, 1.807) is 30.9 Å². The van der Waals surface area contributed by atoms with Crippen LogP contribution in [0.15, 0.2) is 24.3 Å². The Morgan fingerprint density at radius 3 is 2.38 bits per heavy atom. The Morgan fingerprint density at radius 2 is 1.86 bits per heavy atom. The molecule has 0 saturated heterocycles. The van der Waals surface area contributed by atoms with Gasteiger partial charge in [-0.05, 0) is 31.0 Å². The van der Waals surface area contributed by atoms with Crippen molar-refractivity contribution in [3.63, 3.8) is 0 Å². The van der Waals surface area contributed by atoms with Crippen molar-refractivity contribution in [2.24, 2.45) is 0 Å². The van der Waals surface area contributed by atoms with Crippen molar-refractivity contribution in [3.05, 3.63) is 34.9 Å². The number of rotatable bonds is 7. The van der Waals surface area contributed by atoms with Gasteiger partial charge in [-0.15, -0.1) is 0 Å². The molecule has 1 aromatic rings. The zero-order valence-electron chi connectivity index (χ0n) is 12.9. The van der Waals surface area contributed by atoms with Crippen LogP contribution < -0.4 is 5.32 Å². The summed E-state index contributed by atoms with van der Waals surface area (Å²) in [6, 6.07) is 6.82. The Kier molecular flexibility index (Phi) is 7.23. The van der Waals surface area contributed by atoms with Crippen molar-refractivity contribution in [2.75, 3.05) is 6.54 Å². The molecule has 0 bridgehead atoms. The van der Waals surface area contributed by atoms with E-state index in [0.29, 0.717) is 24.5 Å². The highest BCUT2D eigenvalue weighted by Gasteiger charge is 2.24. The second-order valence-corrected chi connectivity index (χ2v) is 5.41. The van der Waals surface area contributed by atoms with Gasteiger partial charge in [-0.1, -0.05) is 37.6 Å². The lowest BCUT2D eigenvalue weighted by atomic mass is 10.1. The third-order valence-corrected chi connectivity index (χ3v) is 3.54. The van der Waals surface area contributed by atoms with Gasteiger partial charge < -0.3 is 10.2 Å². The van der Waals surface area contributed by atoms with Gasteiger partial charge in [0.25, 0.3) is 0 Å². The molecule has 1 rings (SSSR count). The molecule has 0 spiro atoms. The van der Waals surface area contributed by atoms with E-state index in [0.717, 1.165) is 12.0 Å². The molecule has 5 heteroatoms. The first kappa shape index (κ1) is 17.5. The molecule has 1 aromatic carbocycles. The fraction of sp³-hybridized carbons (Fsp3) is 0.500. The topological polar surface area (TPSA) is 49.4 Å². The summed E-state index contributed by atoms with van der Waals surface area (Å²) in [6.07, 6.45) is 1.25. The summed E-state index contributed by atoms with van der Waals surface area (Å²) in [4.78, 5) is 25.8. The van der Waals surface area contributed by atoms with Gasteiger partial charge in [-0.3, -0.25) is 9.59 Å². The van der Waals surface area contributed by atoms with Crippen LogP contribution in [0.4, 0.5) is 0 Å². The zero-order chi connectivity index (χ0) is 15.8. The minimum atomic E-state index is -0.486. The number of nitrogens with one attached hydrogen (secondary N) is 1. The monoisotopic (exact) mass is 310 g/mol. The largest absolute Gasteiger partial charge is 0.354 e. The second kappa shape index (κ2) is 8.67. The van der Waals surface area contributed by atoms with Crippen LogP contribution in [0, 0.1) is 0 Å². The van der Waals surface area contributed by atoms with Crippen LogP contribution in [0.2, 0.25) is 5.02 Å². The minimum Gasteiger partial charge on any atom is -0.354 e. The highest BCUT2D eigenvalue weighted by atomic mass is 35.5. The van der Waals surface area contributed by atoms with Gasteiger partial charge in [0.15, 0.2) is 0 Å². The van der Waals surface area contributed by atoms with E-state index in [1.165, 1.54) is 0 Å². The number of carbonyl (C=O) groups excluding carboxylic acids is 2. The smallest absolute Gasteiger partial charge is 0.242 e. The van der Waals surface area contributed by atoms with Gasteiger partial charge >= 0.3 is 0 Å². The van der Waals surface area contributed by atoms with Gasteiger partial charge in [0.2, 0.25) is 11.8 Å². The normalized spacial score (nSPS) is 11.8. The van der Waals surface area contributed by atoms with Crippen LogP contribution in [0.1, 0.15) is 39.2 Å². The van der Waals surface area contributed by atoms with Gasteiger partial charge in [0, 0.05) is 24.5 Å². The van der Waals surface area contributed by atoms with Crippen LogP contribution in [-0.2, 0) is 16.1 Å². The number of nitrogens with zero attached hydrogens (tertiary/aromatic N) is 1. The Morgan fingerprint density at radius 1 is 1.24 bits per heavy atom. The number of benzene rings is 1. The molecule has 0 aromatic heterocycles. The van der Waals surface area contributed by atoms with Gasteiger partial charge in [0.05, 0.1) is 0 Å². The number of hydrogen-bond acceptors (Lipinski definition) is 2. The van der Waals surface area contributed by atoms with Gasteiger partial charge in [-0.2, -0.15) is 0 Å². The van der Waals surface area contributed by atoms with Crippen molar-refractivity contribution >= 4 is 23.4 Å². The second-order valence-electron chi connectivity index (χ2n) is 4.97. The van der Waals surface area contributed by atoms with E-state index in [9.17, 15) is 9.59 Å². The molecule has 21 heavy (non-hydrogen) atoms. The maximum Gasteiger partial charge on any atom is 0.242 e. The third-order valence-electron chi connectivity index (χ3n) is 3.29. The van der Waals surface area contributed by atoms with Crippen molar-refractivity contribution < 1.29 is 9.59 Å². The summed E-state index contributed by atoms with van der Waals surface area (Å²) in [5.74, 6) is -0.156. The third kappa shape index (κ3) is 5.38. The quantitative estimate of drug-likeness (QED) is 0.841. The van der Waals surface area contributed by atoms with Crippen molar-refractivity contribution in [2.45, 2.75) is 46.2 Å². The van der Waals surface area contributed by atoms with Crippen LogP contribution in [0.3, 0.4) is 0 Å². The number of halogens is 1. The molecule has 4 nitrogen and oxygen atoms in total. The van der Waals surface area contributed by atoms with Crippen molar-refractivity contribution in [3.8, 4) is 0 Å². The first-order valence-electron chi connectivity index (χ1n) is 7.31. The van der Waals surface area contributed by atoms with E-state index in [-0.39, 0.29) is 11.8 Å². The van der Waals surface area contributed by atoms with Crippen LogP contribution in [-0.4, -0.2) is 29.3 Å². The van der Waals surface area contributed by atoms with Crippen LogP contribution in [0.25, 0.3) is 0 Å². The standard InChI is InChI=1S/C16H23ClN2O2/c1-4-10-18-16(21)12(3)19(15(20)5-2)11-13-6-8-14(17)9-7-13/h6-9,12H,4-5,10-11H2,1-3H3,(H,18,21). The molecule has 0 aliphatic carbocycles. The number of carbonyl (C=O) groups is 2. The molecule has 2 amide bonds. The van der Waals surface area contributed by atoms with E-state index in [4.69, 9.17) is 11.6 Å². The van der Waals surface area contributed by atoms with Gasteiger partial charge in [-0.25, -0.2) is 0 Å². The summed E-state index contributed by atoms with van der Waals surface area (Å²) < 4.78 is 0. The Balaban J connectivity index is 2.82. The molecule has 0 fully saturated rings. The van der Waals surface area contributed by atoms with Crippen molar-refractivity contribution in [1.82, 2.24) is 10.2 Å². The van der Waals surface area contributed by atoms with Gasteiger partial charge in [0.1, 0.15) is 6.04 Å². The molecule has 0 radical (unpaired) electrons. The summed E-state index contributed by atoms with van der Waals surface area (Å²) in [5, 5.41) is 3.49. The number of hydrogen-bond donors (Lipinski definition) is 1. The summed E-state index contributed by atoms with van der Waals surface area (Å²) in [5.41, 5.74) is 0.955. The number of amides is 2. The highest BCUT2D eigenvalue weighted by molar-refractivity contribution is 6.30. The van der Waals surface area contributed by atoms with E-state index in [2.05, 4.69) is 5.32 Å². The maximum atomic E-state index is 12.1. The summed E-state index contributed by atoms with van der Waals surface area (Å²) in [7, 11) is 0. The molecular weight excluding hydrogens is 288 g/mol. The summed E-state index contributed by atoms with van der Waals surface area (Å²) >= 11 is 5.86. The fourth-order valence-corrected chi connectivity index (χ4v) is 2.09. The first-order valence-corrected chi connectivity index (χ1v) is 7.69.